The van der Waals surface area contributed by atoms with Gasteiger partial charge in [-0.2, -0.15) is 4.98 Å². The summed E-state index contributed by atoms with van der Waals surface area (Å²) in [5.74, 6) is 1.98. The molecule has 0 fully saturated rings. The first-order chi connectivity index (χ1) is 10.2. The van der Waals surface area contributed by atoms with Crippen LogP contribution >= 0.6 is 11.3 Å². The number of nitrogens with zero attached hydrogens (tertiary/aromatic N) is 2. The zero-order chi connectivity index (χ0) is 14.8. The highest BCUT2D eigenvalue weighted by molar-refractivity contribution is 7.15. The van der Waals surface area contributed by atoms with Crippen molar-refractivity contribution in [2.45, 2.75) is 26.2 Å². The second-order valence-electron chi connectivity index (χ2n) is 5.28. The molecule has 4 nitrogen and oxygen atoms in total. The van der Waals surface area contributed by atoms with Crippen LogP contribution in [-0.2, 0) is 6.42 Å². The van der Waals surface area contributed by atoms with Crippen LogP contribution in [0.25, 0.3) is 4.96 Å². The van der Waals surface area contributed by atoms with Crippen LogP contribution in [0, 0.1) is 0 Å². The molecule has 0 spiro atoms. The van der Waals surface area contributed by atoms with Crippen LogP contribution in [0.1, 0.15) is 31.0 Å². The van der Waals surface area contributed by atoms with Gasteiger partial charge in [0.2, 0.25) is 5.88 Å². The van der Waals surface area contributed by atoms with Gasteiger partial charge in [0.15, 0.2) is 4.96 Å². The summed E-state index contributed by atoms with van der Waals surface area (Å²) in [6, 6.07) is 8.19. The molecule has 5 heteroatoms. The topological polar surface area (TPSA) is 52.5 Å². The Balaban J connectivity index is 1.89. The summed E-state index contributed by atoms with van der Waals surface area (Å²) in [6.07, 6.45) is 2.75. The molecule has 2 N–H and O–H groups in total. The molecule has 1 aromatic carbocycles. The first-order valence-corrected chi connectivity index (χ1v) is 7.99. The molecule has 3 aromatic rings. The zero-order valence-corrected chi connectivity index (χ0v) is 13.1. The maximum Gasteiger partial charge on any atom is 0.242 e. The van der Waals surface area contributed by atoms with Crippen molar-refractivity contribution >= 4 is 16.3 Å². The molecule has 0 aliphatic heterocycles. The van der Waals surface area contributed by atoms with Crippen molar-refractivity contribution in [3.8, 4) is 11.6 Å². The Labute approximate surface area is 128 Å². The van der Waals surface area contributed by atoms with Crippen molar-refractivity contribution in [2.75, 3.05) is 6.54 Å². The second kappa shape index (κ2) is 5.87. The number of hydrogen-bond donors (Lipinski definition) is 1. The Morgan fingerprint density at radius 1 is 1.29 bits per heavy atom. The molecule has 0 bridgehead atoms. The summed E-state index contributed by atoms with van der Waals surface area (Å²) < 4.78 is 8.01. The molecule has 110 valence electrons. The molecule has 0 saturated heterocycles. The average molecular weight is 301 g/mol. The van der Waals surface area contributed by atoms with E-state index in [1.54, 1.807) is 11.3 Å². The lowest BCUT2D eigenvalue weighted by Crippen LogP contribution is -2.05. The van der Waals surface area contributed by atoms with Gasteiger partial charge >= 0.3 is 0 Å². The summed E-state index contributed by atoms with van der Waals surface area (Å²) in [6.45, 7) is 4.93. The Hall–Kier alpha value is -1.85. The summed E-state index contributed by atoms with van der Waals surface area (Å²) in [5, 5.41) is 2.02. The summed E-state index contributed by atoms with van der Waals surface area (Å²) >= 11 is 1.60. The molecule has 21 heavy (non-hydrogen) atoms. The predicted molar refractivity (Wildman–Crippen MR) is 86.4 cm³/mol. The number of nitrogens with two attached hydrogens (primary N) is 1. The van der Waals surface area contributed by atoms with E-state index in [-0.39, 0.29) is 0 Å². The standard InChI is InChI=1S/C16H19N3OS/c1-11(2)12-3-5-13(6-4-12)20-15-14(7-8-17)19-9-10-21-16(19)18-15/h3-6,9-11H,7-8,17H2,1-2H3. The molecular weight excluding hydrogens is 282 g/mol. The van der Waals surface area contributed by atoms with Gasteiger partial charge in [0.25, 0.3) is 0 Å². The van der Waals surface area contributed by atoms with Crippen LogP contribution < -0.4 is 10.5 Å². The largest absolute Gasteiger partial charge is 0.437 e. The van der Waals surface area contributed by atoms with E-state index in [2.05, 4.69) is 35.4 Å². The fourth-order valence-electron chi connectivity index (χ4n) is 2.29. The molecule has 0 radical (unpaired) electrons. The van der Waals surface area contributed by atoms with E-state index in [1.165, 1.54) is 5.56 Å². The minimum atomic E-state index is 0.518. The van der Waals surface area contributed by atoms with Crippen molar-refractivity contribution in [2.24, 2.45) is 5.73 Å². The quantitative estimate of drug-likeness (QED) is 0.779. The van der Waals surface area contributed by atoms with E-state index in [4.69, 9.17) is 10.5 Å². The number of fused-ring (bicyclic) bond motifs is 1. The van der Waals surface area contributed by atoms with Crippen LogP contribution in [0.5, 0.6) is 11.6 Å². The number of thiazole rings is 1. The molecule has 0 aliphatic rings. The molecule has 0 unspecified atom stereocenters. The van der Waals surface area contributed by atoms with Crippen LogP contribution in [0.15, 0.2) is 35.8 Å². The molecule has 2 heterocycles. The van der Waals surface area contributed by atoms with E-state index in [0.717, 1.165) is 22.8 Å². The van der Waals surface area contributed by atoms with Gasteiger partial charge in [-0.15, -0.1) is 11.3 Å². The van der Waals surface area contributed by atoms with Gasteiger partial charge in [0.1, 0.15) is 5.75 Å². The minimum absolute atomic E-state index is 0.518. The number of benzene rings is 1. The molecule has 0 saturated carbocycles. The third-order valence-corrected chi connectivity index (χ3v) is 4.22. The number of imidazole rings is 1. The van der Waals surface area contributed by atoms with Gasteiger partial charge in [-0.1, -0.05) is 26.0 Å². The maximum atomic E-state index is 5.96. The van der Waals surface area contributed by atoms with E-state index >= 15 is 0 Å². The van der Waals surface area contributed by atoms with Gasteiger partial charge in [-0.25, -0.2) is 0 Å². The first-order valence-electron chi connectivity index (χ1n) is 7.11. The highest BCUT2D eigenvalue weighted by Crippen LogP contribution is 2.29. The maximum absolute atomic E-state index is 5.96. The second-order valence-corrected chi connectivity index (χ2v) is 6.16. The summed E-state index contributed by atoms with van der Waals surface area (Å²) in [5.41, 5.74) is 8.03. The fraction of sp³-hybridized carbons (Fsp3) is 0.312. The molecule has 2 aromatic heterocycles. The van der Waals surface area contributed by atoms with Gasteiger partial charge < -0.3 is 10.5 Å². The average Bonchev–Trinajstić information content (AvgIpc) is 3.03. The normalized spacial score (nSPS) is 11.4. The number of aromatic nitrogens is 2. The first kappa shape index (κ1) is 14.1. The lowest BCUT2D eigenvalue weighted by Gasteiger charge is -2.08. The van der Waals surface area contributed by atoms with E-state index in [1.807, 2.05) is 23.7 Å². The summed E-state index contributed by atoms with van der Waals surface area (Å²) in [7, 11) is 0. The van der Waals surface area contributed by atoms with Crippen molar-refractivity contribution < 1.29 is 4.74 Å². The molecule has 0 amide bonds. The molecule has 0 atom stereocenters. The van der Waals surface area contributed by atoms with E-state index < -0.39 is 0 Å². The Bertz CT molecular complexity index is 728. The monoisotopic (exact) mass is 301 g/mol. The predicted octanol–water partition coefficient (Wildman–Crippen LogP) is 3.81. The van der Waals surface area contributed by atoms with Gasteiger partial charge in [-0.3, -0.25) is 4.40 Å². The minimum Gasteiger partial charge on any atom is -0.437 e. The lowest BCUT2D eigenvalue weighted by molar-refractivity contribution is 0.459. The molecule has 0 aliphatic carbocycles. The SMILES string of the molecule is CC(C)c1ccc(Oc2nc3sccn3c2CCN)cc1. The highest BCUT2D eigenvalue weighted by Gasteiger charge is 2.14. The van der Waals surface area contributed by atoms with Crippen molar-refractivity contribution in [3.63, 3.8) is 0 Å². The van der Waals surface area contributed by atoms with Gasteiger partial charge in [0.05, 0.1) is 5.69 Å². The Morgan fingerprint density at radius 2 is 2.05 bits per heavy atom. The highest BCUT2D eigenvalue weighted by atomic mass is 32.1. The zero-order valence-electron chi connectivity index (χ0n) is 12.2. The van der Waals surface area contributed by atoms with Crippen molar-refractivity contribution in [1.82, 2.24) is 9.38 Å². The number of hydrogen-bond acceptors (Lipinski definition) is 4. The number of rotatable bonds is 5. The Morgan fingerprint density at radius 3 is 2.71 bits per heavy atom. The Kier molecular flexibility index (Phi) is 3.94. The third kappa shape index (κ3) is 2.80. The van der Waals surface area contributed by atoms with Crippen molar-refractivity contribution in [3.05, 3.63) is 47.1 Å². The van der Waals surface area contributed by atoms with Crippen LogP contribution in [0.2, 0.25) is 0 Å². The van der Waals surface area contributed by atoms with Crippen LogP contribution in [0.3, 0.4) is 0 Å². The van der Waals surface area contributed by atoms with Crippen LogP contribution in [0.4, 0.5) is 0 Å². The van der Waals surface area contributed by atoms with Crippen LogP contribution in [-0.4, -0.2) is 15.9 Å². The van der Waals surface area contributed by atoms with E-state index in [9.17, 15) is 0 Å². The third-order valence-electron chi connectivity index (χ3n) is 3.47. The lowest BCUT2D eigenvalue weighted by atomic mass is 10.0. The smallest absolute Gasteiger partial charge is 0.242 e. The van der Waals surface area contributed by atoms with Crippen molar-refractivity contribution in [1.29, 1.82) is 0 Å². The fourth-order valence-corrected chi connectivity index (χ4v) is 3.02. The van der Waals surface area contributed by atoms with Gasteiger partial charge in [-0.05, 0) is 30.2 Å². The van der Waals surface area contributed by atoms with E-state index in [0.29, 0.717) is 18.3 Å². The molecule has 3 rings (SSSR count). The van der Waals surface area contributed by atoms with Gasteiger partial charge in [0, 0.05) is 18.0 Å². The number of ether oxygens (including phenoxy) is 1. The summed E-state index contributed by atoms with van der Waals surface area (Å²) in [4.78, 5) is 5.49. The molecular formula is C16H19N3OS.